The lowest BCUT2D eigenvalue weighted by Crippen LogP contribution is -2.21. The molecule has 5 nitrogen and oxygen atoms in total. The van der Waals surface area contributed by atoms with Gasteiger partial charge in [0.25, 0.3) is 0 Å². The summed E-state index contributed by atoms with van der Waals surface area (Å²) in [5.41, 5.74) is 5.56. The zero-order valence-electron chi connectivity index (χ0n) is 21.6. The highest BCUT2D eigenvalue weighted by molar-refractivity contribution is 6.15. The number of hydrogen-bond donors (Lipinski definition) is 0. The Labute approximate surface area is 212 Å². The summed E-state index contributed by atoms with van der Waals surface area (Å²) in [7, 11) is 0. The smallest absolute Gasteiger partial charge is 0.185 e. The van der Waals surface area contributed by atoms with Crippen LogP contribution < -0.4 is 9.80 Å². The minimum Gasteiger partial charge on any atom is -0.457 e. The Morgan fingerprint density at radius 1 is 0.667 bits per heavy atom. The van der Waals surface area contributed by atoms with Crippen LogP contribution in [0.2, 0.25) is 0 Å². The number of carbonyl (C=O) groups is 1. The van der Waals surface area contributed by atoms with E-state index in [0.29, 0.717) is 12.8 Å². The monoisotopic (exact) mass is 482 g/mol. The van der Waals surface area contributed by atoms with Gasteiger partial charge in [0, 0.05) is 71.6 Å². The molecule has 5 rings (SSSR count). The highest BCUT2D eigenvalue weighted by Crippen LogP contribution is 2.33. The molecule has 0 atom stereocenters. The summed E-state index contributed by atoms with van der Waals surface area (Å²) in [5.74, 6) is 1.52. The van der Waals surface area contributed by atoms with Crippen molar-refractivity contribution in [1.82, 2.24) is 0 Å². The molecule has 0 radical (unpaired) electrons. The molecular weight excluding hydrogens is 448 g/mol. The van der Waals surface area contributed by atoms with E-state index in [1.807, 2.05) is 24.3 Å². The second kappa shape index (κ2) is 10.1. The predicted molar refractivity (Wildman–Crippen MR) is 150 cm³/mol. The second-order valence-electron chi connectivity index (χ2n) is 9.25. The first-order valence-electron chi connectivity index (χ1n) is 13.1. The molecule has 0 unspecified atom stereocenters. The average molecular weight is 483 g/mol. The normalized spacial score (nSPS) is 16.2. The maximum atomic E-state index is 13.2. The van der Waals surface area contributed by atoms with Crippen LogP contribution in [-0.2, 0) is 4.79 Å². The van der Waals surface area contributed by atoms with Crippen LogP contribution in [0.3, 0.4) is 0 Å². The predicted octanol–water partition coefficient (Wildman–Crippen LogP) is 7.70. The number of Topliss-reactive ketones (excluding diaryl/α,β-unsaturated/α-hetero) is 1. The maximum Gasteiger partial charge on any atom is 0.185 e. The van der Waals surface area contributed by atoms with Crippen LogP contribution in [0.4, 0.5) is 11.4 Å². The van der Waals surface area contributed by atoms with Gasteiger partial charge in [0.2, 0.25) is 0 Å². The van der Waals surface area contributed by atoms with Crippen molar-refractivity contribution in [2.75, 3.05) is 36.0 Å². The Kier molecular flexibility index (Phi) is 6.73. The molecule has 36 heavy (non-hydrogen) atoms. The van der Waals surface area contributed by atoms with E-state index in [9.17, 15) is 4.79 Å². The fraction of sp³-hybridized carbons (Fsp3) is 0.323. The van der Waals surface area contributed by atoms with Crippen LogP contribution in [0.25, 0.3) is 34.1 Å². The zero-order chi connectivity index (χ0) is 25.2. The number of carbonyl (C=O) groups excluding carboxylic acids is 1. The van der Waals surface area contributed by atoms with Gasteiger partial charge in [0.15, 0.2) is 5.78 Å². The fourth-order valence-corrected chi connectivity index (χ4v) is 5.12. The van der Waals surface area contributed by atoms with E-state index in [0.717, 1.165) is 82.2 Å². The molecule has 4 aromatic rings. The van der Waals surface area contributed by atoms with Crippen molar-refractivity contribution >= 4 is 51.2 Å². The van der Waals surface area contributed by atoms with Gasteiger partial charge in [-0.1, -0.05) is 0 Å². The van der Waals surface area contributed by atoms with Crippen LogP contribution in [0.5, 0.6) is 0 Å². The fourth-order valence-electron chi connectivity index (χ4n) is 5.12. The van der Waals surface area contributed by atoms with Crippen LogP contribution >= 0.6 is 0 Å². The Morgan fingerprint density at radius 3 is 1.47 bits per heavy atom. The van der Waals surface area contributed by atoms with Crippen molar-refractivity contribution < 1.29 is 13.6 Å². The molecule has 1 saturated carbocycles. The van der Waals surface area contributed by atoms with E-state index < -0.39 is 0 Å². The number of fused-ring (bicyclic) bond motifs is 2. The van der Waals surface area contributed by atoms with Crippen LogP contribution in [-0.4, -0.2) is 32.0 Å². The summed E-state index contributed by atoms with van der Waals surface area (Å²) >= 11 is 0. The van der Waals surface area contributed by atoms with Gasteiger partial charge in [-0.2, -0.15) is 0 Å². The summed E-state index contributed by atoms with van der Waals surface area (Å²) < 4.78 is 12.2. The number of hydrogen-bond acceptors (Lipinski definition) is 5. The highest BCUT2D eigenvalue weighted by atomic mass is 16.3. The maximum absolute atomic E-state index is 13.2. The number of rotatable bonds is 8. The van der Waals surface area contributed by atoms with E-state index >= 15 is 0 Å². The topological polar surface area (TPSA) is 49.8 Å². The van der Waals surface area contributed by atoms with E-state index in [4.69, 9.17) is 8.83 Å². The molecule has 0 N–H and O–H groups in total. The Morgan fingerprint density at radius 2 is 1.08 bits per heavy atom. The third-order valence-corrected chi connectivity index (χ3v) is 7.18. The van der Waals surface area contributed by atoms with E-state index in [1.54, 1.807) is 0 Å². The number of allylic oxidation sites excluding steroid dienone is 2. The lowest BCUT2D eigenvalue weighted by atomic mass is 10.1. The average Bonchev–Trinajstić information content (AvgIpc) is 3.58. The van der Waals surface area contributed by atoms with Crippen molar-refractivity contribution in [1.29, 1.82) is 0 Å². The number of furan rings is 2. The molecule has 1 aliphatic carbocycles. The van der Waals surface area contributed by atoms with Gasteiger partial charge in [0.05, 0.1) is 0 Å². The minimum atomic E-state index is 0.0728. The number of anilines is 2. The highest BCUT2D eigenvalue weighted by Gasteiger charge is 2.24. The Hall–Kier alpha value is -3.73. The van der Waals surface area contributed by atoms with Crippen molar-refractivity contribution in [3.8, 4) is 0 Å². The molecule has 186 valence electrons. The lowest BCUT2D eigenvalue weighted by molar-refractivity contribution is -0.111. The molecular formula is C31H34N2O3. The quantitative estimate of drug-likeness (QED) is 0.241. The largest absolute Gasteiger partial charge is 0.457 e. The SMILES string of the molecule is CCN(CC)c1ccc2cc(/C=C3\CC/C(=C\c4cc5ccc(N(CC)CC)cc5o4)C3=O)oc2c1. The van der Waals surface area contributed by atoms with Crippen molar-refractivity contribution in [3.05, 3.63) is 71.2 Å². The van der Waals surface area contributed by atoms with Gasteiger partial charge in [-0.3, -0.25) is 4.79 Å². The van der Waals surface area contributed by atoms with Gasteiger partial charge < -0.3 is 18.6 Å². The lowest BCUT2D eigenvalue weighted by Gasteiger charge is -2.20. The minimum absolute atomic E-state index is 0.0728. The van der Waals surface area contributed by atoms with Crippen LogP contribution in [0, 0.1) is 0 Å². The zero-order valence-corrected chi connectivity index (χ0v) is 21.6. The molecule has 5 heteroatoms. The molecule has 1 fully saturated rings. The molecule has 2 heterocycles. The van der Waals surface area contributed by atoms with Crippen LogP contribution in [0.1, 0.15) is 52.1 Å². The van der Waals surface area contributed by atoms with E-state index in [-0.39, 0.29) is 5.78 Å². The molecule has 2 aromatic carbocycles. The van der Waals surface area contributed by atoms with E-state index in [1.165, 1.54) is 0 Å². The molecule has 1 aliphatic rings. The van der Waals surface area contributed by atoms with Gasteiger partial charge in [0.1, 0.15) is 22.7 Å². The van der Waals surface area contributed by atoms with Crippen molar-refractivity contribution in [3.63, 3.8) is 0 Å². The van der Waals surface area contributed by atoms with Crippen LogP contribution in [0.15, 0.2) is 68.5 Å². The molecule has 0 spiro atoms. The first-order valence-corrected chi connectivity index (χ1v) is 13.1. The molecule has 2 aromatic heterocycles. The standard InChI is InChI=1S/C31H34N2O3/c1-5-32(6-2)25-13-11-21-15-27(35-29(21)19-25)17-23-9-10-24(31(23)34)18-28-16-22-12-14-26(20-30(22)36-28)33(7-3)8-4/h11-20H,5-10H2,1-4H3/b23-17+,24-18+. The van der Waals surface area contributed by atoms with Crippen molar-refractivity contribution in [2.45, 2.75) is 40.5 Å². The number of ketones is 1. The second-order valence-corrected chi connectivity index (χ2v) is 9.25. The third-order valence-electron chi connectivity index (χ3n) is 7.18. The summed E-state index contributed by atoms with van der Waals surface area (Å²) in [6.07, 6.45) is 5.21. The van der Waals surface area contributed by atoms with Gasteiger partial charge >= 0.3 is 0 Å². The van der Waals surface area contributed by atoms with Gasteiger partial charge in [-0.15, -0.1) is 0 Å². The Bertz CT molecular complexity index is 1350. The first kappa shape index (κ1) is 24.0. The molecule has 0 amide bonds. The third kappa shape index (κ3) is 4.58. The summed E-state index contributed by atoms with van der Waals surface area (Å²) in [6, 6.07) is 16.6. The summed E-state index contributed by atoms with van der Waals surface area (Å²) in [5, 5.41) is 2.09. The number of benzene rings is 2. The molecule has 0 saturated heterocycles. The summed E-state index contributed by atoms with van der Waals surface area (Å²) in [4.78, 5) is 17.7. The summed E-state index contributed by atoms with van der Waals surface area (Å²) in [6.45, 7) is 12.4. The first-order chi connectivity index (χ1) is 17.5. The van der Waals surface area contributed by atoms with Crippen molar-refractivity contribution in [2.24, 2.45) is 0 Å². The molecule has 0 bridgehead atoms. The van der Waals surface area contributed by atoms with Gasteiger partial charge in [-0.25, -0.2) is 0 Å². The molecule has 0 aliphatic heterocycles. The van der Waals surface area contributed by atoms with E-state index in [2.05, 4.69) is 73.9 Å². The number of nitrogens with zero attached hydrogens (tertiary/aromatic N) is 2. The Balaban J connectivity index is 1.37. The van der Waals surface area contributed by atoms with Gasteiger partial charge in [-0.05, 0) is 89.1 Å².